The smallest absolute Gasteiger partial charge is 0.00785 e. The van der Waals surface area contributed by atoms with Gasteiger partial charge in [0.1, 0.15) is 0 Å². The van der Waals surface area contributed by atoms with Gasteiger partial charge in [-0.2, -0.15) is 0 Å². The number of nitrogens with one attached hydrogen (secondary N) is 1. The third kappa shape index (κ3) is 11.1. The quantitative estimate of drug-likeness (QED) is 0.499. The normalized spacial score (nSPS) is 19.6. The molecule has 1 nitrogen and oxygen atoms in total. The molecule has 2 fully saturated rings. The summed E-state index contributed by atoms with van der Waals surface area (Å²) < 4.78 is 3.48. The summed E-state index contributed by atoms with van der Waals surface area (Å²) in [6, 6.07) is 0. The second kappa shape index (κ2) is 11.4. The minimum Gasteiger partial charge on any atom is -0.264 e. The van der Waals surface area contributed by atoms with Gasteiger partial charge in [0.25, 0.3) is 0 Å². The summed E-state index contributed by atoms with van der Waals surface area (Å²) in [6.07, 6.45) is 16.0. The second-order valence-corrected chi connectivity index (χ2v) is 6.44. The van der Waals surface area contributed by atoms with Gasteiger partial charge in [-0.3, -0.25) is 4.72 Å². The summed E-state index contributed by atoms with van der Waals surface area (Å²) in [5, 5.41) is 0. The molecule has 0 bridgehead atoms. The standard InChI is InChI=1S/C12H25NS.C3H6/c1-2-3-11-14-13-10-9-12-7-5-4-6-8-12;1-2-3-1/h12-13H,2-11H2,1H3;1-3H2. The van der Waals surface area contributed by atoms with Crippen molar-refractivity contribution in [1.82, 2.24) is 4.72 Å². The van der Waals surface area contributed by atoms with Gasteiger partial charge in [-0.15, -0.1) is 0 Å². The third-order valence-corrected chi connectivity index (χ3v) is 4.34. The lowest BCUT2D eigenvalue weighted by atomic mass is 9.87. The molecule has 2 aliphatic carbocycles. The Labute approximate surface area is 113 Å². The van der Waals surface area contributed by atoms with Crippen LogP contribution in [0.1, 0.15) is 77.6 Å². The van der Waals surface area contributed by atoms with Gasteiger partial charge in [-0.05, 0) is 18.8 Å². The van der Waals surface area contributed by atoms with E-state index in [0.717, 1.165) is 5.92 Å². The summed E-state index contributed by atoms with van der Waals surface area (Å²) in [7, 11) is 0. The average Bonchev–Trinajstić information content (AvgIpc) is 3.23. The fourth-order valence-electron chi connectivity index (χ4n) is 2.10. The van der Waals surface area contributed by atoms with Gasteiger partial charge in [0, 0.05) is 12.3 Å². The molecule has 102 valence electrons. The molecule has 0 atom stereocenters. The highest BCUT2D eigenvalue weighted by Crippen LogP contribution is 2.25. The van der Waals surface area contributed by atoms with E-state index in [1.54, 1.807) is 0 Å². The summed E-state index contributed by atoms with van der Waals surface area (Å²) in [6.45, 7) is 3.47. The monoisotopic (exact) mass is 257 g/mol. The van der Waals surface area contributed by atoms with Crippen LogP contribution < -0.4 is 4.72 Å². The van der Waals surface area contributed by atoms with Crippen molar-refractivity contribution >= 4 is 11.9 Å². The topological polar surface area (TPSA) is 12.0 Å². The number of hydrogen-bond donors (Lipinski definition) is 1. The summed E-state index contributed by atoms with van der Waals surface area (Å²) in [5.41, 5.74) is 0. The molecule has 0 spiro atoms. The first-order valence-electron chi connectivity index (χ1n) is 7.78. The van der Waals surface area contributed by atoms with Gasteiger partial charge in [-0.1, -0.05) is 76.7 Å². The Hall–Kier alpha value is 0.310. The van der Waals surface area contributed by atoms with Crippen LogP contribution in [0.2, 0.25) is 0 Å². The van der Waals surface area contributed by atoms with Gasteiger partial charge in [0.05, 0.1) is 0 Å². The molecule has 0 aromatic rings. The van der Waals surface area contributed by atoms with Crippen molar-refractivity contribution in [2.45, 2.75) is 77.6 Å². The maximum atomic E-state index is 3.48. The zero-order chi connectivity index (χ0) is 12.2. The Morgan fingerprint density at radius 3 is 2.24 bits per heavy atom. The lowest BCUT2D eigenvalue weighted by Crippen LogP contribution is -2.14. The molecule has 0 unspecified atom stereocenters. The Bertz CT molecular complexity index is 150. The van der Waals surface area contributed by atoms with E-state index in [2.05, 4.69) is 11.6 Å². The van der Waals surface area contributed by atoms with Crippen LogP contribution in [0, 0.1) is 5.92 Å². The predicted octanol–water partition coefficient (Wildman–Crippen LogP) is 5.17. The van der Waals surface area contributed by atoms with E-state index < -0.39 is 0 Å². The van der Waals surface area contributed by atoms with Crippen LogP contribution in [0.25, 0.3) is 0 Å². The Morgan fingerprint density at radius 2 is 1.65 bits per heavy atom. The predicted molar refractivity (Wildman–Crippen MR) is 80.4 cm³/mol. The van der Waals surface area contributed by atoms with Crippen molar-refractivity contribution in [2.24, 2.45) is 5.92 Å². The molecule has 1 N–H and O–H groups in total. The molecule has 0 saturated heterocycles. The Morgan fingerprint density at radius 1 is 1.00 bits per heavy atom. The zero-order valence-electron chi connectivity index (χ0n) is 11.7. The molecule has 0 aromatic heterocycles. The molecule has 0 heterocycles. The molecule has 0 aromatic carbocycles. The van der Waals surface area contributed by atoms with E-state index >= 15 is 0 Å². The van der Waals surface area contributed by atoms with Crippen molar-refractivity contribution < 1.29 is 0 Å². The largest absolute Gasteiger partial charge is 0.264 e. The summed E-state index contributed by atoms with van der Waals surface area (Å²) in [5.74, 6) is 2.31. The number of rotatable bonds is 7. The lowest BCUT2D eigenvalue weighted by Gasteiger charge is -2.21. The van der Waals surface area contributed by atoms with E-state index in [1.165, 1.54) is 82.9 Å². The fourth-order valence-corrected chi connectivity index (χ4v) is 2.94. The Balaban J connectivity index is 0.000000415. The van der Waals surface area contributed by atoms with Crippen molar-refractivity contribution in [3.8, 4) is 0 Å². The van der Waals surface area contributed by atoms with Crippen LogP contribution in [0.4, 0.5) is 0 Å². The van der Waals surface area contributed by atoms with E-state index in [-0.39, 0.29) is 0 Å². The average molecular weight is 257 g/mol. The fraction of sp³-hybridized carbons (Fsp3) is 1.00. The molecule has 2 saturated carbocycles. The van der Waals surface area contributed by atoms with Crippen LogP contribution in [-0.4, -0.2) is 12.3 Å². The second-order valence-electron chi connectivity index (χ2n) is 5.45. The van der Waals surface area contributed by atoms with Crippen molar-refractivity contribution in [2.75, 3.05) is 12.3 Å². The number of unbranched alkanes of at least 4 members (excludes halogenated alkanes) is 1. The van der Waals surface area contributed by atoms with E-state index in [9.17, 15) is 0 Å². The zero-order valence-corrected chi connectivity index (χ0v) is 12.5. The molecule has 17 heavy (non-hydrogen) atoms. The summed E-state index contributed by atoms with van der Waals surface area (Å²) in [4.78, 5) is 0. The highest BCUT2D eigenvalue weighted by Gasteiger charge is 2.12. The van der Waals surface area contributed by atoms with Gasteiger partial charge in [0.2, 0.25) is 0 Å². The van der Waals surface area contributed by atoms with Crippen LogP contribution in [-0.2, 0) is 0 Å². The van der Waals surface area contributed by atoms with E-state index in [1.807, 2.05) is 11.9 Å². The first kappa shape index (κ1) is 15.4. The van der Waals surface area contributed by atoms with Crippen LogP contribution in [0.15, 0.2) is 0 Å². The van der Waals surface area contributed by atoms with Gasteiger partial charge >= 0.3 is 0 Å². The SMILES string of the molecule is C1CC1.CCCCSNCCC1CCCCC1. The molecule has 2 rings (SSSR count). The van der Waals surface area contributed by atoms with Gasteiger partial charge in [0.15, 0.2) is 0 Å². The molecule has 0 aliphatic heterocycles. The molecule has 2 heteroatoms. The van der Waals surface area contributed by atoms with Crippen molar-refractivity contribution in [3.05, 3.63) is 0 Å². The highest BCUT2D eigenvalue weighted by atomic mass is 32.2. The number of hydrogen-bond acceptors (Lipinski definition) is 2. The van der Waals surface area contributed by atoms with Crippen molar-refractivity contribution in [3.63, 3.8) is 0 Å². The van der Waals surface area contributed by atoms with E-state index in [0.29, 0.717) is 0 Å². The minimum absolute atomic E-state index is 1.03. The maximum Gasteiger partial charge on any atom is 0.00785 e. The molecule has 0 radical (unpaired) electrons. The van der Waals surface area contributed by atoms with Gasteiger partial charge < -0.3 is 0 Å². The van der Waals surface area contributed by atoms with E-state index in [4.69, 9.17) is 0 Å². The van der Waals surface area contributed by atoms with Crippen LogP contribution in [0.5, 0.6) is 0 Å². The first-order chi connectivity index (χ1) is 8.43. The lowest BCUT2D eigenvalue weighted by molar-refractivity contribution is 0.341. The minimum atomic E-state index is 1.03. The molecule has 2 aliphatic rings. The molecule has 0 amide bonds. The highest BCUT2D eigenvalue weighted by molar-refractivity contribution is 7.97. The maximum absolute atomic E-state index is 3.48. The first-order valence-corrected chi connectivity index (χ1v) is 8.76. The Kier molecular flexibility index (Phi) is 10.3. The van der Waals surface area contributed by atoms with Crippen molar-refractivity contribution in [1.29, 1.82) is 0 Å². The van der Waals surface area contributed by atoms with Crippen LogP contribution in [0.3, 0.4) is 0 Å². The molecular weight excluding hydrogens is 226 g/mol. The molecular formula is C15H31NS. The summed E-state index contributed by atoms with van der Waals surface area (Å²) >= 11 is 1.92. The van der Waals surface area contributed by atoms with Gasteiger partial charge in [-0.25, -0.2) is 0 Å². The van der Waals surface area contributed by atoms with Crippen LogP contribution >= 0.6 is 11.9 Å². The third-order valence-electron chi connectivity index (χ3n) is 3.43.